The Morgan fingerprint density at radius 1 is 0.833 bits per heavy atom. The minimum absolute atomic E-state index is 0.0646. The van der Waals surface area contributed by atoms with Gasteiger partial charge in [0.2, 0.25) is 8.45 Å². The summed E-state index contributed by atoms with van der Waals surface area (Å²) in [6.07, 6.45) is 2.46. The minimum atomic E-state index is -0.874. The lowest BCUT2D eigenvalue weighted by atomic mass is 10.0. The van der Waals surface area contributed by atoms with Crippen LogP contribution in [0.3, 0.4) is 0 Å². The Morgan fingerprint density at radius 2 is 1.43 bits per heavy atom. The molecule has 5 heteroatoms. The smallest absolute Gasteiger partial charge is 0.219 e. The third-order valence-corrected chi connectivity index (χ3v) is 9.13. The molecular weight excluding hydrogens is 455 g/mol. The standard InChI is InChI=1S/C25H26BrN2OP/c26-24(20-11-4-1-5-12-20)25(21-13-6-2-7-14-21)29-30-27-18-10-17-23(27)19-28(30)22-15-8-3-9-16-22/h1-9,11-16,23-25H,10,17-19H2/t23-,24-,25-,30?/m0/s1. The van der Waals surface area contributed by atoms with E-state index in [1.165, 1.54) is 29.7 Å². The first-order valence-electron chi connectivity index (χ1n) is 10.6. The van der Waals surface area contributed by atoms with Crippen LogP contribution in [0.15, 0.2) is 91.0 Å². The van der Waals surface area contributed by atoms with Gasteiger partial charge >= 0.3 is 0 Å². The monoisotopic (exact) mass is 480 g/mol. The van der Waals surface area contributed by atoms with Crippen molar-refractivity contribution in [3.05, 3.63) is 102 Å². The van der Waals surface area contributed by atoms with Gasteiger partial charge in [-0.25, -0.2) is 4.67 Å². The van der Waals surface area contributed by atoms with Gasteiger partial charge in [-0.15, -0.1) is 0 Å². The average molecular weight is 481 g/mol. The summed E-state index contributed by atoms with van der Waals surface area (Å²) in [7, 11) is -0.874. The highest BCUT2D eigenvalue weighted by Gasteiger charge is 2.45. The molecule has 154 valence electrons. The quantitative estimate of drug-likeness (QED) is 0.276. The number of anilines is 1. The molecule has 0 spiro atoms. The lowest BCUT2D eigenvalue weighted by Crippen LogP contribution is -2.21. The molecule has 5 rings (SSSR count). The van der Waals surface area contributed by atoms with Crippen LogP contribution in [-0.2, 0) is 4.52 Å². The predicted octanol–water partition coefficient (Wildman–Crippen LogP) is 7.09. The Labute approximate surface area is 188 Å². The number of rotatable bonds is 6. The predicted molar refractivity (Wildman–Crippen MR) is 129 cm³/mol. The lowest BCUT2D eigenvalue weighted by molar-refractivity contribution is 0.212. The molecule has 30 heavy (non-hydrogen) atoms. The Morgan fingerprint density at radius 3 is 2.10 bits per heavy atom. The Bertz CT molecular complexity index is 943. The van der Waals surface area contributed by atoms with Gasteiger partial charge in [0.1, 0.15) is 6.10 Å². The van der Waals surface area contributed by atoms with E-state index in [0.717, 1.165) is 13.1 Å². The van der Waals surface area contributed by atoms with Crippen molar-refractivity contribution < 1.29 is 4.52 Å². The molecule has 0 aromatic heterocycles. The second-order valence-corrected chi connectivity index (χ2v) is 10.6. The Kier molecular flexibility index (Phi) is 6.19. The molecule has 0 bridgehead atoms. The summed E-state index contributed by atoms with van der Waals surface area (Å²) in [5.41, 5.74) is 3.71. The fraction of sp³-hybridized carbons (Fsp3) is 0.280. The van der Waals surface area contributed by atoms with Crippen LogP contribution in [-0.4, -0.2) is 23.8 Å². The molecule has 2 aliphatic heterocycles. The van der Waals surface area contributed by atoms with E-state index in [9.17, 15) is 0 Å². The van der Waals surface area contributed by atoms with Crippen molar-refractivity contribution in [3.8, 4) is 0 Å². The van der Waals surface area contributed by atoms with Crippen molar-refractivity contribution in [2.45, 2.75) is 29.8 Å². The van der Waals surface area contributed by atoms with Crippen LogP contribution in [0.5, 0.6) is 0 Å². The van der Waals surface area contributed by atoms with Crippen molar-refractivity contribution in [1.29, 1.82) is 0 Å². The zero-order valence-electron chi connectivity index (χ0n) is 16.8. The van der Waals surface area contributed by atoms with Crippen LogP contribution in [0, 0.1) is 0 Å². The van der Waals surface area contributed by atoms with Gasteiger partial charge in [-0.2, -0.15) is 0 Å². The molecule has 0 saturated carbocycles. The molecule has 0 aliphatic carbocycles. The number of alkyl halides is 1. The summed E-state index contributed by atoms with van der Waals surface area (Å²) >= 11 is 3.99. The van der Waals surface area contributed by atoms with Gasteiger partial charge in [0, 0.05) is 24.8 Å². The van der Waals surface area contributed by atoms with Crippen molar-refractivity contribution >= 4 is 30.1 Å². The minimum Gasteiger partial charge on any atom is -0.317 e. The zero-order chi connectivity index (χ0) is 20.3. The first kappa shape index (κ1) is 20.2. The second-order valence-electron chi connectivity index (χ2n) is 7.88. The molecule has 1 unspecified atom stereocenters. The summed E-state index contributed by atoms with van der Waals surface area (Å²) in [6, 6.07) is 32.6. The first-order valence-corrected chi connectivity index (χ1v) is 12.7. The lowest BCUT2D eigenvalue weighted by Gasteiger charge is -2.34. The summed E-state index contributed by atoms with van der Waals surface area (Å²) in [4.78, 5) is 0.0860. The maximum Gasteiger partial charge on any atom is 0.219 e. The van der Waals surface area contributed by atoms with Crippen molar-refractivity contribution in [1.82, 2.24) is 4.67 Å². The molecule has 2 saturated heterocycles. The molecule has 0 N–H and O–H groups in total. The average Bonchev–Trinajstić information content (AvgIpc) is 3.41. The highest BCUT2D eigenvalue weighted by molar-refractivity contribution is 9.09. The maximum absolute atomic E-state index is 7.06. The maximum atomic E-state index is 7.06. The number of nitrogens with zero attached hydrogens (tertiary/aromatic N) is 2. The van der Waals surface area contributed by atoms with Gasteiger partial charge < -0.3 is 9.19 Å². The highest BCUT2D eigenvalue weighted by Crippen LogP contribution is 2.60. The van der Waals surface area contributed by atoms with Gasteiger partial charge in [0.05, 0.1) is 4.83 Å². The number of hydrogen-bond donors (Lipinski definition) is 0. The van der Waals surface area contributed by atoms with Gasteiger partial charge in [0.25, 0.3) is 0 Å². The van der Waals surface area contributed by atoms with Gasteiger partial charge in [-0.05, 0) is 36.1 Å². The van der Waals surface area contributed by atoms with E-state index in [4.69, 9.17) is 4.52 Å². The summed E-state index contributed by atoms with van der Waals surface area (Å²) in [5, 5.41) is 0. The van der Waals surface area contributed by atoms with E-state index in [-0.39, 0.29) is 10.9 Å². The number of para-hydroxylation sites is 1. The summed E-state index contributed by atoms with van der Waals surface area (Å²) < 4.78 is 12.2. The molecule has 0 radical (unpaired) electrons. The molecule has 2 aliphatic rings. The third-order valence-electron chi connectivity index (χ3n) is 5.93. The largest absolute Gasteiger partial charge is 0.317 e. The van der Waals surface area contributed by atoms with E-state index in [0.29, 0.717) is 6.04 Å². The third kappa shape index (κ3) is 4.07. The molecule has 3 aromatic carbocycles. The van der Waals surface area contributed by atoms with Crippen LogP contribution in [0.4, 0.5) is 5.69 Å². The van der Waals surface area contributed by atoms with E-state index >= 15 is 0 Å². The molecule has 2 heterocycles. The second kappa shape index (κ2) is 9.20. The SMILES string of the molecule is Br[C@@H](c1ccccc1)[C@@H](OP1N(c2ccccc2)C[C@@H]2CCCN21)c1ccccc1. The van der Waals surface area contributed by atoms with Gasteiger partial charge in [0.15, 0.2) is 0 Å². The number of benzene rings is 3. The van der Waals surface area contributed by atoms with Crippen molar-refractivity contribution in [2.24, 2.45) is 0 Å². The van der Waals surface area contributed by atoms with Crippen molar-refractivity contribution in [2.75, 3.05) is 17.8 Å². The van der Waals surface area contributed by atoms with Crippen LogP contribution in [0.25, 0.3) is 0 Å². The van der Waals surface area contributed by atoms with Gasteiger partial charge in [-0.1, -0.05) is 94.8 Å². The zero-order valence-corrected chi connectivity index (χ0v) is 19.3. The first-order chi connectivity index (χ1) is 14.8. The molecular formula is C25H26BrN2OP. The summed E-state index contributed by atoms with van der Waals surface area (Å²) in [6.45, 7) is 2.18. The number of hydrogen-bond acceptors (Lipinski definition) is 3. The molecule has 0 amide bonds. The van der Waals surface area contributed by atoms with Crippen LogP contribution < -0.4 is 4.67 Å². The Balaban J connectivity index is 1.49. The molecule has 3 nitrogen and oxygen atoms in total. The van der Waals surface area contributed by atoms with Gasteiger partial charge in [-0.3, -0.25) is 0 Å². The topological polar surface area (TPSA) is 15.7 Å². The van der Waals surface area contributed by atoms with Crippen molar-refractivity contribution in [3.63, 3.8) is 0 Å². The number of halogens is 1. The van der Waals surface area contributed by atoms with E-state index in [1.54, 1.807) is 0 Å². The highest BCUT2D eigenvalue weighted by atomic mass is 79.9. The van der Waals surface area contributed by atoms with Crippen LogP contribution in [0.2, 0.25) is 0 Å². The van der Waals surface area contributed by atoms with E-state index < -0.39 is 8.45 Å². The molecule has 3 aromatic rings. The fourth-order valence-corrected chi connectivity index (χ4v) is 7.68. The van der Waals surface area contributed by atoms with E-state index in [2.05, 4.69) is 116 Å². The van der Waals surface area contributed by atoms with Crippen LogP contribution in [0.1, 0.15) is 34.9 Å². The fourth-order valence-electron chi connectivity index (χ4n) is 4.40. The Hall–Kier alpha value is -1.71. The van der Waals surface area contributed by atoms with E-state index in [1.807, 2.05) is 0 Å². The normalized spacial score (nSPS) is 23.3. The van der Waals surface area contributed by atoms with Crippen LogP contribution >= 0.6 is 24.4 Å². The summed E-state index contributed by atoms with van der Waals surface area (Å²) in [5.74, 6) is 0. The molecule has 2 fully saturated rings. The number of fused-ring (bicyclic) bond motifs is 1. The molecule has 4 atom stereocenters.